The smallest absolute Gasteiger partial charge is 0.425 e. The SMILES string of the molecule is CC(C)(C)OC(=O)N(C(=O)OC(C)(C)C)c1cc(OCc2cccc(NCc3ccccc3)c2[N+](=O)[O-])cc(N(C(=O)OC(C)(C)C)C(=O)OC(C)(C)C)n1. The average molecular weight is 766 g/mol. The van der Waals surface area contributed by atoms with Crippen molar-refractivity contribution in [1.29, 1.82) is 0 Å². The molecule has 4 amide bonds. The molecule has 55 heavy (non-hydrogen) atoms. The first kappa shape index (κ1) is 43.5. The van der Waals surface area contributed by atoms with Crippen LogP contribution in [0.25, 0.3) is 0 Å². The predicted molar refractivity (Wildman–Crippen MR) is 205 cm³/mol. The molecule has 0 bridgehead atoms. The van der Waals surface area contributed by atoms with Crippen LogP contribution in [0.5, 0.6) is 5.75 Å². The van der Waals surface area contributed by atoms with E-state index in [-0.39, 0.29) is 22.7 Å². The molecule has 1 N–H and O–H groups in total. The summed E-state index contributed by atoms with van der Waals surface area (Å²) in [5.74, 6) is -1.15. The van der Waals surface area contributed by atoms with Gasteiger partial charge in [-0.25, -0.2) is 24.2 Å². The number of nitro benzene ring substituents is 1. The second kappa shape index (κ2) is 17.0. The van der Waals surface area contributed by atoms with Gasteiger partial charge in [0.25, 0.3) is 5.69 Å². The zero-order chi connectivity index (χ0) is 41.5. The Labute approximate surface area is 321 Å². The maximum absolute atomic E-state index is 13.7. The molecule has 0 aliphatic carbocycles. The number of nitrogens with one attached hydrogen (secondary N) is 1. The number of imide groups is 2. The standard InChI is InChI=1S/C39H51N5O11/c1-36(2,3)52-32(45)42(33(46)53-37(4,5)6)29-21-27(22-30(41-29)43(34(47)54-38(7,8)9)35(48)55-39(10,11)12)51-24-26-19-16-20-28(31(26)44(49)50)40-23-25-17-14-13-15-18-25/h13-22,40H,23-24H2,1-12H3. The molecule has 2 aromatic carbocycles. The molecular formula is C39H51N5O11. The first-order valence-electron chi connectivity index (χ1n) is 17.4. The molecule has 0 saturated carbocycles. The molecular weight excluding hydrogens is 714 g/mol. The third kappa shape index (κ3) is 13.8. The van der Waals surface area contributed by atoms with Crippen LogP contribution in [0, 0.1) is 10.1 Å². The molecule has 0 aliphatic heterocycles. The van der Waals surface area contributed by atoms with Gasteiger partial charge in [-0.3, -0.25) is 10.1 Å². The summed E-state index contributed by atoms with van der Waals surface area (Å²) in [7, 11) is 0. The molecule has 0 spiro atoms. The predicted octanol–water partition coefficient (Wildman–Crippen LogP) is 9.53. The van der Waals surface area contributed by atoms with E-state index in [1.165, 1.54) is 6.07 Å². The van der Waals surface area contributed by atoms with Gasteiger partial charge in [-0.05, 0) is 101 Å². The van der Waals surface area contributed by atoms with Crippen LogP contribution < -0.4 is 19.9 Å². The number of benzene rings is 2. The molecule has 0 fully saturated rings. The number of nitrogens with zero attached hydrogens (tertiary/aromatic N) is 4. The van der Waals surface area contributed by atoms with Crippen LogP contribution in [0.3, 0.4) is 0 Å². The fraction of sp³-hybridized carbons (Fsp3) is 0.462. The molecule has 3 aromatic rings. The van der Waals surface area contributed by atoms with E-state index in [1.807, 2.05) is 30.3 Å². The number of para-hydroxylation sites is 1. The fourth-order valence-corrected chi connectivity index (χ4v) is 4.56. The van der Waals surface area contributed by atoms with Crippen molar-refractivity contribution < 1.29 is 47.8 Å². The Morgan fingerprint density at radius 3 is 1.45 bits per heavy atom. The van der Waals surface area contributed by atoms with Crippen molar-refractivity contribution in [3.8, 4) is 5.75 Å². The Bertz CT molecular complexity index is 1740. The second-order valence-electron chi connectivity index (χ2n) is 16.3. The van der Waals surface area contributed by atoms with E-state index < -0.39 is 69.9 Å². The second-order valence-corrected chi connectivity index (χ2v) is 16.3. The fourth-order valence-electron chi connectivity index (χ4n) is 4.56. The van der Waals surface area contributed by atoms with Crippen molar-refractivity contribution in [3.05, 3.63) is 81.9 Å². The van der Waals surface area contributed by atoms with Crippen LogP contribution in [0.2, 0.25) is 0 Å². The van der Waals surface area contributed by atoms with Crippen molar-refractivity contribution in [2.45, 2.75) is 119 Å². The average Bonchev–Trinajstić information content (AvgIpc) is 2.99. The highest BCUT2D eigenvalue weighted by Gasteiger charge is 2.38. The topological polar surface area (TPSA) is 189 Å². The number of carbonyl (C=O) groups is 4. The highest BCUT2D eigenvalue weighted by atomic mass is 16.6. The molecule has 3 rings (SSSR count). The first-order valence-corrected chi connectivity index (χ1v) is 17.4. The van der Waals surface area contributed by atoms with Crippen molar-refractivity contribution in [1.82, 2.24) is 4.98 Å². The molecule has 16 nitrogen and oxygen atoms in total. The molecule has 1 heterocycles. The van der Waals surface area contributed by atoms with E-state index in [0.29, 0.717) is 16.3 Å². The van der Waals surface area contributed by atoms with Gasteiger partial charge in [-0.15, -0.1) is 0 Å². The molecule has 0 unspecified atom stereocenters. The normalized spacial score (nSPS) is 11.9. The van der Waals surface area contributed by atoms with E-state index in [0.717, 1.165) is 17.7 Å². The van der Waals surface area contributed by atoms with E-state index >= 15 is 0 Å². The molecule has 298 valence electrons. The number of hydrogen-bond donors (Lipinski definition) is 1. The van der Waals surface area contributed by atoms with Gasteiger partial charge in [0.15, 0.2) is 11.6 Å². The summed E-state index contributed by atoms with van der Waals surface area (Å²) in [5, 5.41) is 15.5. The van der Waals surface area contributed by atoms with Gasteiger partial charge < -0.3 is 29.0 Å². The maximum Gasteiger partial charge on any atom is 0.425 e. The van der Waals surface area contributed by atoms with E-state index in [9.17, 15) is 29.3 Å². The summed E-state index contributed by atoms with van der Waals surface area (Å²) < 4.78 is 28.2. The molecule has 16 heteroatoms. The van der Waals surface area contributed by atoms with Crippen molar-refractivity contribution in [3.63, 3.8) is 0 Å². The van der Waals surface area contributed by atoms with Gasteiger partial charge in [0.2, 0.25) is 0 Å². The Hall–Kier alpha value is -5.93. The summed E-state index contributed by atoms with van der Waals surface area (Å²) in [6.07, 6.45) is -4.81. The van der Waals surface area contributed by atoms with Crippen molar-refractivity contribution in [2.24, 2.45) is 0 Å². The lowest BCUT2D eigenvalue weighted by atomic mass is 10.1. The van der Waals surface area contributed by atoms with Crippen LogP contribution in [-0.2, 0) is 32.1 Å². The highest BCUT2D eigenvalue weighted by Crippen LogP contribution is 2.34. The number of anilines is 3. The number of hydrogen-bond acceptors (Lipinski definition) is 13. The number of rotatable bonds is 9. The van der Waals surface area contributed by atoms with E-state index in [2.05, 4.69) is 10.3 Å². The van der Waals surface area contributed by atoms with Crippen LogP contribution in [0.15, 0.2) is 60.7 Å². The first-order chi connectivity index (χ1) is 25.2. The number of aromatic nitrogens is 1. The van der Waals surface area contributed by atoms with Gasteiger partial charge in [0.05, 0.1) is 10.5 Å². The lowest BCUT2D eigenvalue weighted by Gasteiger charge is -2.30. The highest BCUT2D eigenvalue weighted by molar-refractivity contribution is 6.11. The van der Waals surface area contributed by atoms with E-state index in [1.54, 1.807) is 95.2 Å². The summed E-state index contributed by atoms with van der Waals surface area (Å²) in [6, 6.07) is 16.3. The quantitative estimate of drug-likeness (QED) is 0.123. The van der Waals surface area contributed by atoms with Gasteiger partial charge in [0, 0.05) is 18.7 Å². The zero-order valence-electron chi connectivity index (χ0n) is 33.5. The summed E-state index contributed by atoms with van der Waals surface area (Å²) in [6.45, 7) is 18.9. The van der Waals surface area contributed by atoms with Crippen LogP contribution in [0.4, 0.5) is 42.2 Å². The van der Waals surface area contributed by atoms with Crippen LogP contribution in [0.1, 0.15) is 94.2 Å². The number of carbonyl (C=O) groups excluding carboxylic acids is 4. The Balaban J connectivity index is 2.23. The van der Waals surface area contributed by atoms with Gasteiger partial charge in [-0.2, -0.15) is 9.80 Å². The summed E-state index contributed by atoms with van der Waals surface area (Å²) in [4.78, 5) is 71.8. The summed E-state index contributed by atoms with van der Waals surface area (Å²) >= 11 is 0. The van der Waals surface area contributed by atoms with Crippen LogP contribution in [-0.4, -0.2) is 56.7 Å². The minimum absolute atomic E-state index is 0.148. The maximum atomic E-state index is 13.7. The largest absolute Gasteiger partial charge is 0.488 e. The third-order valence-electron chi connectivity index (χ3n) is 6.56. The minimum atomic E-state index is -1.20. The van der Waals surface area contributed by atoms with Crippen molar-refractivity contribution >= 4 is 47.4 Å². The van der Waals surface area contributed by atoms with E-state index in [4.69, 9.17) is 23.7 Å². The zero-order valence-corrected chi connectivity index (χ0v) is 33.5. The number of ether oxygens (including phenoxy) is 5. The van der Waals surface area contributed by atoms with Gasteiger partial charge >= 0.3 is 24.4 Å². The number of pyridine rings is 1. The lowest BCUT2D eigenvalue weighted by Crippen LogP contribution is -2.45. The molecule has 0 saturated heterocycles. The molecule has 0 aliphatic rings. The molecule has 1 aromatic heterocycles. The van der Waals surface area contributed by atoms with Gasteiger partial charge in [0.1, 0.15) is 40.4 Å². The molecule has 0 atom stereocenters. The number of amides is 4. The van der Waals surface area contributed by atoms with Gasteiger partial charge in [-0.1, -0.05) is 36.4 Å². The summed E-state index contributed by atoms with van der Waals surface area (Å²) in [5.41, 5.74) is -3.35. The Kier molecular flexibility index (Phi) is 13.5. The lowest BCUT2D eigenvalue weighted by molar-refractivity contribution is -0.384. The Morgan fingerprint density at radius 1 is 0.655 bits per heavy atom. The molecule has 0 radical (unpaired) electrons. The Morgan fingerprint density at radius 2 is 1.07 bits per heavy atom. The monoisotopic (exact) mass is 765 g/mol. The third-order valence-corrected chi connectivity index (χ3v) is 6.56. The van der Waals surface area contributed by atoms with Crippen molar-refractivity contribution in [2.75, 3.05) is 15.1 Å². The minimum Gasteiger partial charge on any atom is -0.488 e. The number of nitro groups is 1. The van der Waals surface area contributed by atoms with Crippen LogP contribution >= 0.6 is 0 Å².